The Morgan fingerprint density at radius 2 is 1.91 bits per heavy atom. The second kappa shape index (κ2) is 7.02. The van der Waals surface area contributed by atoms with Gasteiger partial charge in [-0.25, -0.2) is 4.79 Å². The Morgan fingerprint density at radius 3 is 2.52 bits per heavy atom. The van der Waals surface area contributed by atoms with Crippen LogP contribution in [0, 0.1) is 0 Å². The zero-order valence-electron chi connectivity index (χ0n) is 14.4. The van der Waals surface area contributed by atoms with Gasteiger partial charge in [-0.2, -0.15) is 0 Å². The van der Waals surface area contributed by atoms with E-state index in [1.807, 2.05) is 51.1 Å². The molecule has 0 bridgehead atoms. The maximum atomic E-state index is 12.7. The van der Waals surface area contributed by atoms with E-state index in [1.165, 1.54) is 0 Å². The summed E-state index contributed by atoms with van der Waals surface area (Å²) in [5.41, 5.74) is 0.522. The smallest absolute Gasteiger partial charge is 0.410 e. The molecule has 1 aromatic carbocycles. The van der Waals surface area contributed by atoms with Crippen LogP contribution in [0.3, 0.4) is 0 Å². The zero-order chi connectivity index (χ0) is 17.0. The summed E-state index contributed by atoms with van der Waals surface area (Å²) in [7, 11) is 1.78. The monoisotopic (exact) mass is 318 g/mol. The molecule has 1 fully saturated rings. The van der Waals surface area contributed by atoms with Crippen molar-refractivity contribution in [3.63, 3.8) is 0 Å². The van der Waals surface area contributed by atoms with Crippen molar-refractivity contribution in [1.29, 1.82) is 0 Å². The first-order valence-corrected chi connectivity index (χ1v) is 8.06. The summed E-state index contributed by atoms with van der Waals surface area (Å²) in [6.45, 7) is 6.61. The second-order valence-corrected chi connectivity index (χ2v) is 7.01. The number of likely N-dealkylation sites (N-methyl/N-ethyl adjacent to an activating group) is 1. The number of hydrogen-bond donors (Lipinski definition) is 0. The summed E-state index contributed by atoms with van der Waals surface area (Å²) in [6, 6.07) is 9.42. The van der Waals surface area contributed by atoms with Crippen molar-refractivity contribution < 1.29 is 14.3 Å². The van der Waals surface area contributed by atoms with Crippen molar-refractivity contribution in [1.82, 2.24) is 9.80 Å². The van der Waals surface area contributed by atoms with Crippen LogP contribution in [0.25, 0.3) is 0 Å². The highest BCUT2D eigenvalue weighted by atomic mass is 16.6. The van der Waals surface area contributed by atoms with Gasteiger partial charge in [0.15, 0.2) is 0 Å². The number of ether oxygens (including phenoxy) is 1. The highest BCUT2D eigenvalue weighted by Crippen LogP contribution is 2.22. The van der Waals surface area contributed by atoms with E-state index in [1.54, 1.807) is 16.8 Å². The highest BCUT2D eigenvalue weighted by Gasteiger charge is 2.37. The third-order valence-corrected chi connectivity index (χ3v) is 3.80. The first kappa shape index (κ1) is 17.3. The molecule has 1 aliphatic rings. The predicted molar refractivity (Wildman–Crippen MR) is 88.9 cm³/mol. The lowest BCUT2D eigenvalue weighted by molar-refractivity contribution is -0.135. The van der Waals surface area contributed by atoms with Gasteiger partial charge in [0, 0.05) is 20.1 Å². The van der Waals surface area contributed by atoms with E-state index in [0.717, 1.165) is 12.0 Å². The molecular weight excluding hydrogens is 292 g/mol. The van der Waals surface area contributed by atoms with Crippen LogP contribution in [-0.4, -0.2) is 47.0 Å². The maximum absolute atomic E-state index is 12.7. The Labute approximate surface area is 138 Å². The number of carbonyl (C=O) groups is 2. The van der Waals surface area contributed by atoms with Gasteiger partial charge in [-0.1, -0.05) is 30.3 Å². The number of benzene rings is 1. The van der Waals surface area contributed by atoms with Crippen LogP contribution >= 0.6 is 0 Å². The Balaban J connectivity index is 2.01. The van der Waals surface area contributed by atoms with E-state index in [4.69, 9.17) is 4.74 Å². The predicted octanol–water partition coefficient (Wildman–Crippen LogP) is 3.04. The molecule has 0 aromatic heterocycles. The molecule has 1 aliphatic heterocycles. The molecule has 0 saturated carbocycles. The number of amides is 2. The standard InChI is InChI=1S/C18H26N2O3/c1-18(2,3)23-17(22)20-12-8-11-15(20)16(21)19(4)13-14-9-6-5-7-10-14/h5-7,9-10,15H,8,11-13H2,1-4H3/t15-/m0/s1. The van der Waals surface area contributed by atoms with Crippen LogP contribution in [0.5, 0.6) is 0 Å². The molecule has 0 N–H and O–H groups in total. The Bertz CT molecular complexity index is 551. The van der Waals surface area contributed by atoms with Crippen LogP contribution < -0.4 is 0 Å². The third kappa shape index (κ3) is 4.71. The van der Waals surface area contributed by atoms with Crippen LogP contribution in [0.1, 0.15) is 39.2 Å². The molecule has 1 saturated heterocycles. The van der Waals surface area contributed by atoms with E-state index in [0.29, 0.717) is 19.5 Å². The molecular formula is C18H26N2O3. The molecule has 1 heterocycles. The average molecular weight is 318 g/mol. The molecule has 0 spiro atoms. The average Bonchev–Trinajstić information content (AvgIpc) is 2.95. The topological polar surface area (TPSA) is 49.9 Å². The van der Waals surface area contributed by atoms with Gasteiger partial charge >= 0.3 is 6.09 Å². The minimum absolute atomic E-state index is 0.0304. The summed E-state index contributed by atoms with van der Waals surface area (Å²) in [4.78, 5) is 28.2. The van der Waals surface area contributed by atoms with Gasteiger partial charge in [0.25, 0.3) is 0 Å². The molecule has 1 atom stereocenters. The van der Waals surface area contributed by atoms with Crippen LogP contribution in [0.15, 0.2) is 30.3 Å². The van der Waals surface area contributed by atoms with E-state index in [9.17, 15) is 9.59 Å². The van der Waals surface area contributed by atoms with Crippen molar-refractivity contribution in [2.45, 2.75) is 51.8 Å². The Hall–Kier alpha value is -2.04. The van der Waals surface area contributed by atoms with E-state index < -0.39 is 17.7 Å². The lowest BCUT2D eigenvalue weighted by Gasteiger charge is -2.30. The SMILES string of the molecule is CN(Cc1ccccc1)C(=O)[C@@H]1CCCN1C(=O)OC(C)(C)C. The fourth-order valence-electron chi connectivity index (χ4n) is 2.75. The molecule has 2 rings (SSSR count). The lowest BCUT2D eigenvalue weighted by Crippen LogP contribution is -2.47. The van der Waals surface area contributed by atoms with Crippen molar-refractivity contribution in [2.24, 2.45) is 0 Å². The molecule has 0 radical (unpaired) electrons. The first-order valence-electron chi connectivity index (χ1n) is 8.06. The molecule has 5 nitrogen and oxygen atoms in total. The Kier molecular flexibility index (Phi) is 5.29. The molecule has 23 heavy (non-hydrogen) atoms. The Morgan fingerprint density at radius 1 is 1.26 bits per heavy atom. The summed E-state index contributed by atoms with van der Waals surface area (Å²) < 4.78 is 5.42. The number of likely N-dealkylation sites (tertiary alicyclic amines) is 1. The number of nitrogens with zero attached hydrogens (tertiary/aromatic N) is 2. The molecule has 0 unspecified atom stereocenters. The van der Waals surface area contributed by atoms with Gasteiger partial charge in [0.05, 0.1) is 0 Å². The van der Waals surface area contributed by atoms with E-state index >= 15 is 0 Å². The summed E-state index contributed by atoms with van der Waals surface area (Å²) >= 11 is 0. The van der Waals surface area contributed by atoms with Gasteiger partial charge in [0.1, 0.15) is 11.6 Å². The molecule has 0 aliphatic carbocycles. The fraction of sp³-hybridized carbons (Fsp3) is 0.556. The summed E-state index contributed by atoms with van der Waals surface area (Å²) in [5, 5.41) is 0. The minimum atomic E-state index is -0.552. The van der Waals surface area contributed by atoms with Gasteiger partial charge in [-0.3, -0.25) is 9.69 Å². The summed E-state index contributed by atoms with van der Waals surface area (Å²) in [6.07, 6.45) is 1.12. The number of rotatable bonds is 3. The van der Waals surface area contributed by atoms with Crippen molar-refractivity contribution >= 4 is 12.0 Å². The van der Waals surface area contributed by atoms with Crippen molar-refractivity contribution in [2.75, 3.05) is 13.6 Å². The molecule has 5 heteroatoms. The van der Waals surface area contributed by atoms with Crippen LogP contribution in [0.2, 0.25) is 0 Å². The first-order chi connectivity index (χ1) is 10.8. The normalized spacial score (nSPS) is 17.9. The molecule has 2 amide bonds. The third-order valence-electron chi connectivity index (χ3n) is 3.80. The quantitative estimate of drug-likeness (QED) is 0.860. The molecule has 126 valence electrons. The van der Waals surface area contributed by atoms with Gasteiger partial charge in [-0.05, 0) is 39.2 Å². The van der Waals surface area contributed by atoms with Crippen LogP contribution in [0.4, 0.5) is 4.79 Å². The van der Waals surface area contributed by atoms with Gasteiger partial charge in [-0.15, -0.1) is 0 Å². The van der Waals surface area contributed by atoms with Crippen molar-refractivity contribution in [3.05, 3.63) is 35.9 Å². The largest absolute Gasteiger partial charge is 0.444 e. The number of hydrogen-bond acceptors (Lipinski definition) is 3. The second-order valence-electron chi connectivity index (χ2n) is 7.01. The zero-order valence-corrected chi connectivity index (χ0v) is 14.4. The van der Waals surface area contributed by atoms with Gasteiger partial charge < -0.3 is 9.64 Å². The van der Waals surface area contributed by atoms with E-state index in [-0.39, 0.29) is 5.91 Å². The highest BCUT2D eigenvalue weighted by molar-refractivity contribution is 5.86. The van der Waals surface area contributed by atoms with Gasteiger partial charge in [0.2, 0.25) is 5.91 Å². The fourth-order valence-corrected chi connectivity index (χ4v) is 2.75. The number of carbonyl (C=O) groups excluding carboxylic acids is 2. The minimum Gasteiger partial charge on any atom is -0.444 e. The van der Waals surface area contributed by atoms with E-state index in [2.05, 4.69) is 0 Å². The molecule has 1 aromatic rings. The summed E-state index contributed by atoms with van der Waals surface area (Å²) in [5.74, 6) is -0.0304. The van der Waals surface area contributed by atoms with Crippen LogP contribution in [-0.2, 0) is 16.1 Å². The lowest BCUT2D eigenvalue weighted by atomic mass is 10.1. The maximum Gasteiger partial charge on any atom is 0.410 e. The van der Waals surface area contributed by atoms with Crippen molar-refractivity contribution in [3.8, 4) is 0 Å².